The average molecular weight is 237 g/mol. The summed E-state index contributed by atoms with van der Waals surface area (Å²) in [6.07, 6.45) is 4.26. The Balaban J connectivity index is 1.73. The molecule has 1 saturated heterocycles. The monoisotopic (exact) mass is 237 g/mol. The van der Waals surface area contributed by atoms with Crippen LogP contribution in [0.15, 0.2) is 11.6 Å². The van der Waals surface area contributed by atoms with Crippen molar-refractivity contribution in [3.05, 3.63) is 11.6 Å². The van der Waals surface area contributed by atoms with Crippen LogP contribution in [-0.4, -0.2) is 38.0 Å². The minimum Gasteiger partial charge on any atom is -0.355 e. The van der Waals surface area contributed by atoms with Gasteiger partial charge in [-0.05, 0) is 19.4 Å². The first-order valence-corrected chi connectivity index (χ1v) is 6.19. The molecule has 94 valence electrons. The molecule has 0 saturated carbocycles. The van der Waals surface area contributed by atoms with Crippen LogP contribution in [0.3, 0.4) is 0 Å². The van der Waals surface area contributed by atoms with E-state index < -0.39 is 0 Å². The Morgan fingerprint density at radius 3 is 3.00 bits per heavy atom. The third kappa shape index (κ3) is 3.56. The maximum atomic E-state index is 11.8. The van der Waals surface area contributed by atoms with Crippen molar-refractivity contribution < 1.29 is 9.59 Å². The van der Waals surface area contributed by atoms with E-state index in [1.165, 1.54) is 5.57 Å². The van der Waals surface area contributed by atoms with Gasteiger partial charge in [0.2, 0.25) is 11.8 Å². The Morgan fingerprint density at radius 1 is 1.47 bits per heavy atom. The normalized spacial score (nSPS) is 24.8. The fraction of sp³-hybridized carbons (Fsp3) is 0.667. The molecule has 0 spiro atoms. The highest BCUT2D eigenvalue weighted by Gasteiger charge is 2.24. The SMILES string of the molecule is O=C1CCC(C(=O)NCC2=CCNCC2)CN1. The molecule has 0 aliphatic carbocycles. The molecular formula is C12H19N3O2. The largest absolute Gasteiger partial charge is 0.355 e. The van der Waals surface area contributed by atoms with Crippen molar-refractivity contribution in [3.63, 3.8) is 0 Å². The molecule has 0 aromatic heterocycles. The summed E-state index contributed by atoms with van der Waals surface area (Å²) < 4.78 is 0. The summed E-state index contributed by atoms with van der Waals surface area (Å²) in [5.41, 5.74) is 1.29. The molecule has 1 atom stereocenters. The molecule has 2 amide bonds. The van der Waals surface area contributed by atoms with Crippen molar-refractivity contribution in [2.45, 2.75) is 19.3 Å². The lowest BCUT2D eigenvalue weighted by Gasteiger charge is -2.22. The van der Waals surface area contributed by atoms with Gasteiger partial charge in [-0.15, -0.1) is 0 Å². The van der Waals surface area contributed by atoms with Gasteiger partial charge in [-0.3, -0.25) is 9.59 Å². The van der Waals surface area contributed by atoms with Gasteiger partial charge in [0, 0.05) is 26.1 Å². The van der Waals surface area contributed by atoms with Gasteiger partial charge in [0.05, 0.1) is 5.92 Å². The minimum atomic E-state index is -0.0602. The molecule has 1 fully saturated rings. The van der Waals surface area contributed by atoms with E-state index in [9.17, 15) is 9.59 Å². The molecule has 17 heavy (non-hydrogen) atoms. The lowest BCUT2D eigenvalue weighted by molar-refractivity contribution is -0.128. The van der Waals surface area contributed by atoms with Crippen molar-refractivity contribution in [3.8, 4) is 0 Å². The lowest BCUT2D eigenvalue weighted by Crippen LogP contribution is -2.43. The summed E-state index contributed by atoms with van der Waals surface area (Å²) in [6.45, 7) is 3.00. The predicted molar refractivity (Wildman–Crippen MR) is 64.3 cm³/mol. The second kappa shape index (κ2) is 5.82. The molecule has 3 N–H and O–H groups in total. The third-order valence-electron chi connectivity index (χ3n) is 3.28. The van der Waals surface area contributed by atoms with Crippen molar-refractivity contribution >= 4 is 11.8 Å². The van der Waals surface area contributed by atoms with Crippen molar-refractivity contribution in [1.29, 1.82) is 0 Å². The van der Waals surface area contributed by atoms with Crippen LogP contribution in [0.5, 0.6) is 0 Å². The highest BCUT2D eigenvalue weighted by Crippen LogP contribution is 2.11. The van der Waals surface area contributed by atoms with Gasteiger partial charge in [0.25, 0.3) is 0 Å². The van der Waals surface area contributed by atoms with Gasteiger partial charge in [0.1, 0.15) is 0 Å². The number of rotatable bonds is 3. The van der Waals surface area contributed by atoms with Gasteiger partial charge < -0.3 is 16.0 Å². The zero-order valence-electron chi connectivity index (χ0n) is 9.92. The third-order valence-corrected chi connectivity index (χ3v) is 3.28. The first-order valence-electron chi connectivity index (χ1n) is 6.19. The van der Waals surface area contributed by atoms with Crippen molar-refractivity contribution in [2.75, 3.05) is 26.2 Å². The first kappa shape index (κ1) is 12.1. The zero-order valence-corrected chi connectivity index (χ0v) is 9.92. The van der Waals surface area contributed by atoms with E-state index in [1.54, 1.807) is 0 Å². The molecule has 0 radical (unpaired) electrons. The summed E-state index contributed by atoms with van der Waals surface area (Å²) in [6, 6.07) is 0. The minimum absolute atomic E-state index is 0.0510. The van der Waals surface area contributed by atoms with Crippen molar-refractivity contribution in [2.24, 2.45) is 5.92 Å². The van der Waals surface area contributed by atoms with Crippen LogP contribution < -0.4 is 16.0 Å². The first-order chi connectivity index (χ1) is 8.25. The van der Waals surface area contributed by atoms with E-state index in [4.69, 9.17) is 0 Å². The van der Waals surface area contributed by atoms with Crippen LogP contribution in [0.4, 0.5) is 0 Å². The van der Waals surface area contributed by atoms with Gasteiger partial charge >= 0.3 is 0 Å². The summed E-state index contributed by atoms with van der Waals surface area (Å²) in [5, 5.41) is 8.91. The fourth-order valence-electron chi connectivity index (χ4n) is 2.13. The molecule has 5 heteroatoms. The second-order valence-electron chi connectivity index (χ2n) is 4.57. The molecule has 5 nitrogen and oxygen atoms in total. The number of amides is 2. The summed E-state index contributed by atoms with van der Waals surface area (Å²) in [4.78, 5) is 22.8. The number of carbonyl (C=O) groups is 2. The molecule has 2 aliphatic heterocycles. The van der Waals surface area contributed by atoms with E-state index in [2.05, 4.69) is 22.0 Å². The molecule has 2 aliphatic rings. The van der Waals surface area contributed by atoms with Gasteiger partial charge in [-0.2, -0.15) is 0 Å². The Morgan fingerprint density at radius 2 is 2.35 bits per heavy atom. The fourth-order valence-corrected chi connectivity index (χ4v) is 2.13. The number of carbonyl (C=O) groups excluding carboxylic acids is 2. The number of nitrogens with one attached hydrogen (secondary N) is 3. The van der Waals surface area contributed by atoms with Crippen LogP contribution in [0.25, 0.3) is 0 Å². The van der Waals surface area contributed by atoms with Crippen LogP contribution in [-0.2, 0) is 9.59 Å². The molecule has 2 rings (SSSR count). The maximum Gasteiger partial charge on any atom is 0.225 e. The Kier molecular flexibility index (Phi) is 4.14. The van der Waals surface area contributed by atoms with E-state index >= 15 is 0 Å². The Bertz CT molecular complexity index is 329. The highest BCUT2D eigenvalue weighted by atomic mass is 16.2. The van der Waals surface area contributed by atoms with E-state index in [1.807, 2.05) is 0 Å². The summed E-state index contributed by atoms with van der Waals surface area (Å²) in [5.74, 6) is 0.0505. The Hall–Kier alpha value is -1.36. The van der Waals surface area contributed by atoms with Crippen molar-refractivity contribution in [1.82, 2.24) is 16.0 Å². The van der Waals surface area contributed by atoms with Gasteiger partial charge in [-0.25, -0.2) is 0 Å². The number of hydrogen-bond acceptors (Lipinski definition) is 3. The van der Waals surface area contributed by atoms with E-state index in [0.717, 1.165) is 19.5 Å². The topological polar surface area (TPSA) is 70.2 Å². The highest BCUT2D eigenvalue weighted by molar-refractivity contribution is 5.83. The van der Waals surface area contributed by atoms with Crippen LogP contribution in [0.1, 0.15) is 19.3 Å². The molecular weight excluding hydrogens is 218 g/mol. The maximum absolute atomic E-state index is 11.8. The average Bonchev–Trinajstić information content (AvgIpc) is 2.38. The molecule has 0 aromatic carbocycles. The zero-order chi connectivity index (χ0) is 12.1. The van der Waals surface area contributed by atoms with Gasteiger partial charge in [0.15, 0.2) is 0 Å². The second-order valence-corrected chi connectivity index (χ2v) is 4.57. The standard InChI is InChI=1S/C12H19N3O2/c16-11-2-1-10(8-14-11)12(17)15-7-9-3-5-13-6-4-9/h3,10,13H,1-2,4-8H2,(H,14,16)(H,15,17). The van der Waals surface area contributed by atoms with E-state index in [0.29, 0.717) is 25.9 Å². The van der Waals surface area contributed by atoms with Crippen LogP contribution in [0.2, 0.25) is 0 Å². The molecule has 0 bridgehead atoms. The van der Waals surface area contributed by atoms with Gasteiger partial charge in [-0.1, -0.05) is 11.6 Å². The molecule has 1 unspecified atom stereocenters. The molecule has 0 aromatic rings. The number of piperidine rings is 1. The predicted octanol–water partition coefficient (Wildman–Crippen LogP) is -0.451. The van der Waals surface area contributed by atoms with Crippen LogP contribution in [0, 0.1) is 5.92 Å². The quantitative estimate of drug-likeness (QED) is 0.582. The number of hydrogen-bond donors (Lipinski definition) is 3. The summed E-state index contributed by atoms with van der Waals surface area (Å²) >= 11 is 0. The Labute approximate surface area is 101 Å². The smallest absolute Gasteiger partial charge is 0.225 e. The lowest BCUT2D eigenvalue weighted by atomic mass is 9.98. The van der Waals surface area contributed by atoms with E-state index in [-0.39, 0.29) is 17.7 Å². The molecule has 2 heterocycles. The summed E-state index contributed by atoms with van der Waals surface area (Å²) in [7, 11) is 0. The van der Waals surface area contributed by atoms with Crippen LogP contribution >= 0.6 is 0 Å².